The summed E-state index contributed by atoms with van der Waals surface area (Å²) in [5, 5.41) is 16.4. The molecule has 11 nitrogen and oxygen atoms in total. The van der Waals surface area contributed by atoms with Crippen LogP contribution in [0.3, 0.4) is 0 Å². The van der Waals surface area contributed by atoms with Gasteiger partial charge in [-0.2, -0.15) is 9.97 Å². The van der Waals surface area contributed by atoms with E-state index >= 15 is 0 Å². The van der Waals surface area contributed by atoms with Gasteiger partial charge in [0.25, 0.3) is 5.91 Å². The molecule has 0 radical (unpaired) electrons. The Kier molecular flexibility index (Phi) is 7.37. The first-order chi connectivity index (χ1) is 18.7. The summed E-state index contributed by atoms with van der Waals surface area (Å²) in [7, 11) is 0. The number of rotatable bonds is 7. The van der Waals surface area contributed by atoms with Gasteiger partial charge in [0.05, 0.1) is 18.2 Å². The quantitative estimate of drug-likeness (QED) is 0.432. The summed E-state index contributed by atoms with van der Waals surface area (Å²) < 4.78 is 2.22. The van der Waals surface area contributed by atoms with E-state index in [0.717, 1.165) is 68.6 Å². The predicted molar refractivity (Wildman–Crippen MR) is 146 cm³/mol. The molecule has 3 aromatic heterocycles. The van der Waals surface area contributed by atoms with Gasteiger partial charge in [-0.25, -0.2) is 9.97 Å². The van der Waals surface area contributed by atoms with Gasteiger partial charge in [0, 0.05) is 51.4 Å². The molecule has 1 amide bonds. The summed E-state index contributed by atoms with van der Waals surface area (Å²) in [4.78, 5) is 36.1. The molecular weight excluding hydrogens is 482 g/mol. The van der Waals surface area contributed by atoms with E-state index in [1.54, 1.807) is 12.3 Å². The normalized spacial score (nSPS) is 20.8. The number of aromatic nitrogens is 5. The van der Waals surface area contributed by atoms with E-state index < -0.39 is 0 Å². The Balaban J connectivity index is 1.32. The predicted octanol–water partition coefficient (Wildman–Crippen LogP) is 2.87. The molecule has 3 aromatic rings. The van der Waals surface area contributed by atoms with Crippen LogP contribution in [0.25, 0.3) is 11.2 Å². The third kappa shape index (κ3) is 5.04. The lowest BCUT2D eigenvalue weighted by Crippen LogP contribution is -2.46. The van der Waals surface area contributed by atoms with E-state index in [1.807, 2.05) is 17.3 Å². The van der Waals surface area contributed by atoms with Gasteiger partial charge in [-0.3, -0.25) is 4.79 Å². The number of hydrogen-bond donors (Lipinski definition) is 3. The molecule has 1 unspecified atom stereocenters. The van der Waals surface area contributed by atoms with Crippen LogP contribution in [0.4, 0.5) is 17.5 Å². The van der Waals surface area contributed by atoms with Crippen molar-refractivity contribution in [2.45, 2.75) is 63.5 Å². The van der Waals surface area contributed by atoms with Crippen LogP contribution in [0.15, 0.2) is 24.7 Å². The van der Waals surface area contributed by atoms with E-state index in [1.165, 1.54) is 12.8 Å². The Morgan fingerprint density at radius 1 is 1.03 bits per heavy atom. The lowest BCUT2D eigenvalue weighted by atomic mass is 10.0. The monoisotopic (exact) mass is 519 g/mol. The van der Waals surface area contributed by atoms with Crippen molar-refractivity contribution in [1.29, 1.82) is 0 Å². The first kappa shape index (κ1) is 25.0. The second kappa shape index (κ2) is 11.2. The molecule has 2 aliphatic heterocycles. The third-order valence-corrected chi connectivity index (χ3v) is 8.12. The van der Waals surface area contributed by atoms with Crippen molar-refractivity contribution in [3.8, 4) is 0 Å². The Morgan fingerprint density at radius 2 is 1.84 bits per heavy atom. The molecule has 38 heavy (non-hydrogen) atoms. The van der Waals surface area contributed by atoms with Crippen molar-refractivity contribution >= 4 is 34.5 Å². The largest absolute Gasteiger partial charge is 0.396 e. The van der Waals surface area contributed by atoms with Gasteiger partial charge >= 0.3 is 0 Å². The Morgan fingerprint density at radius 3 is 2.61 bits per heavy atom. The summed E-state index contributed by atoms with van der Waals surface area (Å²) >= 11 is 0. The molecule has 0 spiro atoms. The number of aliphatic hydroxyl groups excluding tert-OH is 1. The number of amides is 1. The molecule has 3 aliphatic rings. The highest BCUT2D eigenvalue weighted by Gasteiger charge is 2.28. The average Bonchev–Trinajstić information content (AvgIpc) is 3.64. The molecule has 5 heterocycles. The van der Waals surface area contributed by atoms with Crippen molar-refractivity contribution in [2.24, 2.45) is 0 Å². The number of fused-ring (bicyclic) bond motifs is 1. The Hall–Kier alpha value is -3.31. The second-order valence-electron chi connectivity index (χ2n) is 10.6. The zero-order valence-electron chi connectivity index (χ0n) is 21.8. The van der Waals surface area contributed by atoms with Gasteiger partial charge in [-0.05, 0) is 50.7 Å². The van der Waals surface area contributed by atoms with E-state index in [-0.39, 0.29) is 18.6 Å². The fourth-order valence-corrected chi connectivity index (χ4v) is 6.04. The number of carbonyl (C=O) groups excluding carboxylic acids is 1. The Labute approximate surface area is 222 Å². The maximum Gasteiger partial charge on any atom is 0.272 e. The van der Waals surface area contributed by atoms with E-state index in [9.17, 15) is 9.90 Å². The standard InChI is InChI=1S/C27H37N9O2/c37-16-10-21-7-3-4-13-35(21)27-32-24(23-25(33-27)36(18-30-23)20-5-1-2-6-20)31-19-8-9-22(29-17-19)26(38)34-14-11-28-12-15-34/h8-9,17-18,20-21,28,37H,1-7,10-16H2,(H,31,32,33). The molecule has 0 aromatic carbocycles. The number of pyridine rings is 1. The van der Waals surface area contributed by atoms with Crippen LogP contribution in [0.1, 0.15) is 67.9 Å². The van der Waals surface area contributed by atoms with E-state index in [0.29, 0.717) is 43.0 Å². The number of nitrogens with one attached hydrogen (secondary N) is 2. The molecule has 1 atom stereocenters. The number of aliphatic hydroxyl groups is 1. The highest BCUT2D eigenvalue weighted by atomic mass is 16.3. The number of carbonyl (C=O) groups is 1. The minimum absolute atomic E-state index is 0.0416. The van der Waals surface area contributed by atoms with Gasteiger partial charge in [-0.15, -0.1) is 0 Å². The highest BCUT2D eigenvalue weighted by Crippen LogP contribution is 2.35. The summed E-state index contributed by atoms with van der Waals surface area (Å²) in [6.45, 7) is 4.03. The lowest BCUT2D eigenvalue weighted by Gasteiger charge is -2.35. The SMILES string of the molecule is O=C(c1ccc(Nc2nc(N3CCCCC3CCO)nc3c2ncn3C2CCCC2)cn1)N1CCNCC1. The molecule has 11 heteroatoms. The molecule has 6 rings (SSSR count). The molecule has 0 bridgehead atoms. The van der Waals surface area contributed by atoms with Crippen LogP contribution in [0.5, 0.6) is 0 Å². The Bertz CT molecular complexity index is 1250. The molecule has 3 N–H and O–H groups in total. The van der Waals surface area contributed by atoms with Crippen LogP contribution in [0, 0.1) is 0 Å². The van der Waals surface area contributed by atoms with Gasteiger partial charge in [0.1, 0.15) is 5.69 Å². The topological polar surface area (TPSA) is 124 Å². The maximum atomic E-state index is 12.8. The number of piperazine rings is 1. The zero-order chi connectivity index (χ0) is 25.9. The van der Waals surface area contributed by atoms with E-state index in [2.05, 4.69) is 25.1 Å². The number of nitrogens with zero attached hydrogens (tertiary/aromatic N) is 7. The summed E-state index contributed by atoms with van der Waals surface area (Å²) in [6, 6.07) is 4.27. The molecule has 1 saturated carbocycles. The second-order valence-corrected chi connectivity index (χ2v) is 10.6. The molecular formula is C27H37N9O2. The smallest absolute Gasteiger partial charge is 0.272 e. The fraction of sp³-hybridized carbons (Fsp3) is 0.593. The lowest BCUT2D eigenvalue weighted by molar-refractivity contribution is 0.0730. The zero-order valence-corrected chi connectivity index (χ0v) is 21.8. The summed E-state index contributed by atoms with van der Waals surface area (Å²) in [6.07, 6.45) is 12.3. The fourth-order valence-electron chi connectivity index (χ4n) is 6.04. The van der Waals surface area contributed by atoms with Gasteiger partial charge in [0.2, 0.25) is 5.95 Å². The van der Waals surface area contributed by atoms with Crippen molar-refractivity contribution in [2.75, 3.05) is 49.5 Å². The molecule has 2 saturated heterocycles. The molecule has 202 valence electrons. The number of piperidine rings is 1. The maximum absolute atomic E-state index is 12.8. The van der Waals surface area contributed by atoms with Crippen LogP contribution in [0.2, 0.25) is 0 Å². The number of hydrogen-bond acceptors (Lipinski definition) is 9. The average molecular weight is 520 g/mol. The van der Waals surface area contributed by atoms with Crippen molar-refractivity contribution in [3.05, 3.63) is 30.4 Å². The van der Waals surface area contributed by atoms with Gasteiger partial charge in [-0.1, -0.05) is 12.8 Å². The summed E-state index contributed by atoms with van der Waals surface area (Å²) in [5.41, 5.74) is 2.76. The van der Waals surface area contributed by atoms with Crippen molar-refractivity contribution in [3.63, 3.8) is 0 Å². The van der Waals surface area contributed by atoms with Crippen molar-refractivity contribution in [1.82, 2.24) is 34.7 Å². The van der Waals surface area contributed by atoms with Gasteiger partial charge < -0.3 is 30.1 Å². The molecule has 3 fully saturated rings. The number of anilines is 3. The van der Waals surface area contributed by atoms with Gasteiger partial charge in [0.15, 0.2) is 17.0 Å². The minimum Gasteiger partial charge on any atom is -0.396 e. The van der Waals surface area contributed by atoms with E-state index in [4.69, 9.17) is 15.0 Å². The minimum atomic E-state index is -0.0416. The number of imidazole rings is 1. The first-order valence-corrected chi connectivity index (χ1v) is 14.1. The van der Waals surface area contributed by atoms with Crippen molar-refractivity contribution < 1.29 is 9.90 Å². The first-order valence-electron chi connectivity index (χ1n) is 14.1. The van der Waals surface area contributed by atoms with Crippen LogP contribution in [-0.4, -0.2) is 85.8 Å². The molecule has 1 aliphatic carbocycles. The van der Waals surface area contributed by atoms with Crippen LogP contribution in [-0.2, 0) is 0 Å². The van der Waals surface area contributed by atoms with Crippen LogP contribution >= 0.6 is 0 Å². The summed E-state index contributed by atoms with van der Waals surface area (Å²) in [5.74, 6) is 1.27. The third-order valence-electron chi connectivity index (χ3n) is 8.12. The van der Waals surface area contributed by atoms with Crippen LogP contribution < -0.4 is 15.5 Å². The highest BCUT2D eigenvalue weighted by molar-refractivity contribution is 5.93.